The summed E-state index contributed by atoms with van der Waals surface area (Å²) in [6.45, 7) is 3.15. The van der Waals surface area contributed by atoms with Crippen LogP contribution in [0.3, 0.4) is 0 Å². The first-order valence-corrected chi connectivity index (χ1v) is 5.34. The van der Waals surface area contributed by atoms with E-state index in [1.165, 1.54) is 6.92 Å². The van der Waals surface area contributed by atoms with Crippen LogP contribution in [0.1, 0.15) is 26.7 Å². The van der Waals surface area contributed by atoms with Gasteiger partial charge in [-0.1, -0.05) is 0 Å². The zero-order valence-electron chi connectivity index (χ0n) is 10.3. The fraction of sp³-hybridized carbons (Fsp3) is 0.700. The van der Waals surface area contributed by atoms with Crippen LogP contribution in [0.5, 0.6) is 0 Å². The maximum atomic E-state index is 11.5. The first-order chi connectivity index (χ1) is 8.39. The van der Waals surface area contributed by atoms with Gasteiger partial charge in [0.1, 0.15) is 0 Å². The van der Waals surface area contributed by atoms with Crippen molar-refractivity contribution in [2.45, 2.75) is 32.3 Å². The number of rotatable bonds is 7. The van der Waals surface area contributed by atoms with Gasteiger partial charge in [-0.25, -0.2) is 4.79 Å². The Balaban J connectivity index is 4.84. The van der Waals surface area contributed by atoms with Gasteiger partial charge >= 0.3 is 17.9 Å². The highest BCUT2D eigenvalue weighted by atomic mass is 16.7. The third kappa shape index (κ3) is 5.11. The molecule has 0 amide bonds. The third-order valence-corrected chi connectivity index (χ3v) is 1.97. The number of ether oxygens (including phenoxy) is 2. The summed E-state index contributed by atoms with van der Waals surface area (Å²) in [7, 11) is 0. The topological polar surface area (TPSA) is 125 Å². The van der Waals surface area contributed by atoms with E-state index in [0.29, 0.717) is 0 Å². The van der Waals surface area contributed by atoms with Gasteiger partial charge in [0, 0.05) is 0 Å². The fourth-order valence-electron chi connectivity index (χ4n) is 1.20. The largest absolute Gasteiger partial charge is 0.466 e. The molecular formula is C10H17NO7. The molecule has 0 aliphatic rings. The van der Waals surface area contributed by atoms with E-state index < -0.39 is 36.4 Å². The molecule has 0 rings (SSSR count). The van der Waals surface area contributed by atoms with Gasteiger partial charge in [-0.3, -0.25) is 9.59 Å². The Morgan fingerprint density at radius 3 is 2.00 bits per heavy atom. The summed E-state index contributed by atoms with van der Waals surface area (Å²) in [5.74, 6) is 1.62. The molecule has 0 radical (unpaired) electrons. The van der Waals surface area contributed by atoms with E-state index in [-0.39, 0.29) is 13.2 Å². The van der Waals surface area contributed by atoms with Crippen molar-refractivity contribution in [3.63, 3.8) is 0 Å². The SMILES string of the molecule is CCOC(=O)CC(O)(CC(=O)ON)C(=O)OCC. The molecule has 3 N–H and O–H groups in total. The maximum Gasteiger partial charge on any atom is 0.339 e. The average molecular weight is 263 g/mol. The van der Waals surface area contributed by atoms with Gasteiger partial charge < -0.3 is 19.4 Å². The fourth-order valence-corrected chi connectivity index (χ4v) is 1.20. The highest BCUT2D eigenvalue weighted by Gasteiger charge is 2.43. The van der Waals surface area contributed by atoms with Crippen molar-refractivity contribution >= 4 is 17.9 Å². The minimum Gasteiger partial charge on any atom is -0.466 e. The van der Waals surface area contributed by atoms with Crippen LogP contribution in [0, 0.1) is 0 Å². The van der Waals surface area contributed by atoms with Crippen molar-refractivity contribution in [1.82, 2.24) is 0 Å². The van der Waals surface area contributed by atoms with Crippen LogP contribution in [0.2, 0.25) is 0 Å². The average Bonchev–Trinajstić information content (AvgIpc) is 2.29. The van der Waals surface area contributed by atoms with Crippen molar-refractivity contribution in [3.05, 3.63) is 0 Å². The summed E-state index contributed by atoms with van der Waals surface area (Å²) >= 11 is 0. The first-order valence-electron chi connectivity index (χ1n) is 5.34. The van der Waals surface area contributed by atoms with Crippen LogP contribution in [-0.4, -0.2) is 41.8 Å². The lowest BCUT2D eigenvalue weighted by atomic mass is 9.95. The number of esters is 2. The Labute approximate surface area is 104 Å². The van der Waals surface area contributed by atoms with Gasteiger partial charge in [0.2, 0.25) is 0 Å². The standard InChI is InChI=1S/C10H17NO7/c1-3-16-7(12)5-10(15,6-8(13)18-11)9(14)17-4-2/h15H,3-6,11H2,1-2H3. The minimum absolute atomic E-state index is 0.0123. The van der Waals surface area contributed by atoms with Crippen LogP contribution in [0.4, 0.5) is 0 Å². The highest BCUT2D eigenvalue weighted by Crippen LogP contribution is 2.19. The molecule has 0 bridgehead atoms. The van der Waals surface area contributed by atoms with E-state index in [4.69, 9.17) is 0 Å². The van der Waals surface area contributed by atoms with Gasteiger partial charge in [-0.2, -0.15) is 5.90 Å². The van der Waals surface area contributed by atoms with E-state index in [9.17, 15) is 19.5 Å². The van der Waals surface area contributed by atoms with Crippen LogP contribution in [0.25, 0.3) is 0 Å². The van der Waals surface area contributed by atoms with Gasteiger partial charge in [-0.05, 0) is 13.8 Å². The summed E-state index contributed by atoms with van der Waals surface area (Å²) in [5.41, 5.74) is -2.33. The molecule has 8 nitrogen and oxygen atoms in total. The van der Waals surface area contributed by atoms with Crippen molar-refractivity contribution < 1.29 is 33.8 Å². The number of nitrogens with two attached hydrogens (primary N) is 1. The molecule has 0 aliphatic heterocycles. The molecule has 0 aromatic rings. The quantitative estimate of drug-likeness (QED) is 0.444. The maximum absolute atomic E-state index is 11.5. The van der Waals surface area contributed by atoms with E-state index in [1.807, 2.05) is 0 Å². The lowest BCUT2D eigenvalue weighted by molar-refractivity contribution is -0.177. The monoisotopic (exact) mass is 263 g/mol. The summed E-state index contributed by atoms with van der Waals surface area (Å²) in [6, 6.07) is 0. The Morgan fingerprint density at radius 1 is 1.06 bits per heavy atom. The predicted molar refractivity (Wildman–Crippen MR) is 57.7 cm³/mol. The smallest absolute Gasteiger partial charge is 0.339 e. The Hall–Kier alpha value is -1.67. The summed E-state index contributed by atoms with van der Waals surface area (Å²) in [6.07, 6.45) is -1.50. The van der Waals surface area contributed by atoms with Crippen LogP contribution in [0.15, 0.2) is 0 Å². The molecule has 18 heavy (non-hydrogen) atoms. The molecule has 1 atom stereocenters. The molecule has 0 saturated heterocycles. The summed E-state index contributed by atoms with van der Waals surface area (Å²) in [4.78, 5) is 37.7. The van der Waals surface area contributed by atoms with Crippen molar-refractivity contribution in [1.29, 1.82) is 0 Å². The number of hydrogen-bond donors (Lipinski definition) is 2. The molecule has 8 heteroatoms. The molecule has 1 unspecified atom stereocenters. The predicted octanol–water partition coefficient (Wildman–Crippen LogP) is -0.959. The number of aliphatic hydroxyl groups is 1. The Bertz CT molecular complexity index is 317. The van der Waals surface area contributed by atoms with Crippen LogP contribution < -0.4 is 5.90 Å². The van der Waals surface area contributed by atoms with E-state index in [0.717, 1.165) is 0 Å². The zero-order chi connectivity index (χ0) is 14.2. The lowest BCUT2D eigenvalue weighted by Crippen LogP contribution is -2.45. The second-order valence-corrected chi connectivity index (χ2v) is 3.40. The molecule has 0 spiro atoms. The zero-order valence-corrected chi connectivity index (χ0v) is 10.3. The number of carbonyl (C=O) groups excluding carboxylic acids is 3. The van der Waals surface area contributed by atoms with Gasteiger partial charge in [-0.15, -0.1) is 0 Å². The van der Waals surface area contributed by atoms with Gasteiger partial charge in [0.05, 0.1) is 26.1 Å². The summed E-state index contributed by atoms with van der Waals surface area (Å²) < 4.78 is 9.18. The molecule has 0 aliphatic carbocycles. The van der Waals surface area contributed by atoms with Gasteiger partial charge in [0.15, 0.2) is 5.60 Å². The second-order valence-electron chi connectivity index (χ2n) is 3.40. The Morgan fingerprint density at radius 2 is 1.56 bits per heavy atom. The Kier molecular flexibility index (Phi) is 6.91. The highest BCUT2D eigenvalue weighted by molar-refractivity contribution is 5.90. The molecule has 0 saturated carbocycles. The molecule has 0 fully saturated rings. The van der Waals surface area contributed by atoms with Crippen molar-refractivity contribution in [2.75, 3.05) is 13.2 Å². The normalized spacial score (nSPS) is 13.3. The van der Waals surface area contributed by atoms with E-state index in [1.54, 1.807) is 6.92 Å². The molecule has 0 aromatic heterocycles. The van der Waals surface area contributed by atoms with E-state index in [2.05, 4.69) is 20.2 Å². The van der Waals surface area contributed by atoms with Gasteiger partial charge in [0.25, 0.3) is 0 Å². The van der Waals surface area contributed by atoms with Crippen LogP contribution >= 0.6 is 0 Å². The minimum atomic E-state index is -2.33. The van der Waals surface area contributed by atoms with Crippen molar-refractivity contribution in [3.8, 4) is 0 Å². The molecule has 0 heterocycles. The molecule has 0 aromatic carbocycles. The second kappa shape index (κ2) is 7.62. The number of carbonyl (C=O) groups is 3. The third-order valence-electron chi connectivity index (χ3n) is 1.97. The summed E-state index contributed by atoms with van der Waals surface area (Å²) in [5, 5.41) is 9.98. The van der Waals surface area contributed by atoms with E-state index >= 15 is 0 Å². The molecular weight excluding hydrogens is 246 g/mol. The van der Waals surface area contributed by atoms with Crippen molar-refractivity contribution in [2.24, 2.45) is 5.90 Å². The lowest BCUT2D eigenvalue weighted by Gasteiger charge is -2.23. The molecule has 104 valence electrons. The van der Waals surface area contributed by atoms with Crippen LogP contribution in [-0.2, 0) is 28.7 Å². The first kappa shape index (κ1) is 16.3. The number of hydrogen-bond acceptors (Lipinski definition) is 8.